The molecule has 1 aliphatic carbocycles. The van der Waals surface area contributed by atoms with E-state index in [-0.39, 0.29) is 24.0 Å². The maximum atomic E-state index is 5.86. The maximum Gasteiger partial charge on any atom is 0.191 e. The molecule has 0 amide bonds. The molecule has 132 valence electrons. The summed E-state index contributed by atoms with van der Waals surface area (Å²) in [4.78, 5) is 7.05. The number of halogens is 1. The maximum absolute atomic E-state index is 5.86. The van der Waals surface area contributed by atoms with Gasteiger partial charge in [-0.3, -0.25) is 4.99 Å². The van der Waals surface area contributed by atoms with Gasteiger partial charge in [0.15, 0.2) is 5.96 Å². The van der Waals surface area contributed by atoms with Gasteiger partial charge in [-0.15, -0.1) is 35.3 Å². The number of thiophene rings is 1. The summed E-state index contributed by atoms with van der Waals surface area (Å²) in [5.74, 6) is 0.868. The fraction of sp³-hybridized carbons (Fsp3) is 0.706. The number of rotatable bonds is 8. The molecule has 1 saturated carbocycles. The molecule has 0 unspecified atom stereocenters. The summed E-state index contributed by atoms with van der Waals surface area (Å²) in [6.45, 7) is 4.77. The highest BCUT2D eigenvalue weighted by molar-refractivity contribution is 14.0. The molecule has 2 N–H and O–H groups in total. The summed E-state index contributed by atoms with van der Waals surface area (Å²) >= 11 is 1.87. The highest BCUT2D eigenvalue weighted by atomic mass is 127. The Morgan fingerprint density at radius 2 is 2.00 bits per heavy atom. The quantitative estimate of drug-likeness (QED) is 0.272. The lowest BCUT2D eigenvalue weighted by Crippen LogP contribution is -2.37. The third kappa shape index (κ3) is 7.85. The molecular weight excluding hydrogens is 421 g/mol. The SMILES string of the molecule is CCc1ccc(CNC(=NC)NCCCOC2CCCC2)s1.I. The summed E-state index contributed by atoms with van der Waals surface area (Å²) in [6.07, 6.45) is 7.82. The largest absolute Gasteiger partial charge is 0.378 e. The van der Waals surface area contributed by atoms with Crippen LogP contribution in [-0.4, -0.2) is 32.3 Å². The van der Waals surface area contributed by atoms with Gasteiger partial charge in [0.25, 0.3) is 0 Å². The number of nitrogens with one attached hydrogen (secondary N) is 2. The highest BCUT2D eigenvalue weighted by Gasteiger charge is 2.14. The lowest BCUT2D eigenvalue weighted by molar-refractivity contribution is 0.0574. The van der Waals surface area contributed by atoms with Crippen LogP contribution < -0.4 is 10.6 Å². The molecule has 0 aliphatic heterocycles. The smallest absolute Gasteiger partial charge is 0.191 e. The molecule has 0 radical (unpaired) electrons. The molecule has 2 rings (SSSR count). The van der Waals surface area contributed by atoms with Gasteiger partial charge >= 0.3 is 0 Å². The Morgan fingerprint density at radius 3 is 2.65 bits per heavy atom. The fourth-order valence-electron chi connectivity index (χ4n) is 2.68. The number of aryl methyl sites for hydroxylation is 1. The zero-order chi connectivity index (χ0) is 15.6. The van der Waals surface area contributed by atoms with Crippen LogP contribution in [0.5, 0.6) is 0 Å². The van der Waals surface area contributed by atoms with Crippen molar-refractivity contribution in [3.63, 3.8) is 0 Å². The zero-order valence-electron chi connectivity index (χ0n) is 14.3. The predicted octanol–water partition coefficient (Wildman–Crippen LogP) is 3.94. The average molecular weight is 451 g/mol. The monoisotopic (exact) mass is 451 g/mol. The van der Waals surface area contributed by atoms with Crippen molar-refractivity contribution in [1.82, 2.24) is 10.6 Å². The van der Waals surface area contributed by atoms with E-state index in [1.165, 1.54) is 35.4 Å². The Kier molecular flexibility index (Phi) is 10.9. The first-order valence-corrected chi connectivity index (χ1v) is 9.27. The van der Waals surface area contributed by atoms with E-state index in [9.17, 15) is 0 Å². The minimum absolute atomic E-state index is 0. The van der Waals surface area contributed by atoms with Gasteiger partial charge < -0.3 is 15.4 Å². The lowest BCUT2D eigenvalue weighted by Gasteiger charge is -2.13. The average Bonchev–Trinajstić information content (AvgIpc) is 3.21. The topological polar surface area (TPSA) is 45.7 Å². The van der Waals surface area contributed by atoms with Gasteiger partial charge in [0.1, 0.15) is 0 Å². The van der Waals surface area contributed by atoms with Crippen molar-refractivity contribution < 1.29 is 4.74 Å². The Morgan fingerprint density at radius 1 is 1.26 bits per heavy atom. The molecule has 1 aromatic rings. The number of aliphatic imine (C=N–C) groups is 1. The molecular formula is C17H30IN3OS. The van der Waals surface area contributed by atoms with E-state index in [0.29, 0.717) is 6.10 Å². The van der Waals surface area contributed by atoms with Gasteiger partial charge in [0.2, 0.25) is 0 Å². The van der Waals surface area contributed by atoms with E-state index in [2.05, 4.69) is 34.7 Å². The summed E-state index contributed by atoms with van der Waals surface area (Å²) in [5, 5.41) is 6.71. The van der Waals surface area contributed by atoms with Crippen molar-refractivity contribution in [3.05, 3.63) is 21.9 Å². The van der Waals surface area contributed by atoms with E-state index < -0.39 is 0 Å². The second-order valence-electron chi connectivity index (χ2n) is 5.70. The normalized spacial score (nSPS) is 15.5. The van der Waals surface area contributed by atoms with Gasteiger partial charge in [0.05, 0.1) is 12.6 Å². The second kappa shape index (κ2) is 12.1. The molecule has 23 heavy (non-hydrogen) atoms. The molecule has 6 heteroatoms. The van der Waals surface area contributed by atoms with Crippen LogP contribution in [0, 0.1) is 0 Å². The first-order valence-electron chi connectivity index (χ1n) is 8.45. The minimum atomic E-state index is 0. The predicted molar refractivity (Wildman–Crippen MR) is 110 cm³/mol. The minimum Gasteiger partial charge on any atom is -0.378 e. The summed E-state index contributed by atoms with van der Waals surface area (Å²) in [6, 6.07) is 4.40. The first kappa shape index (κ1) is 20.7. The second-order valence-corrected chi connectivity index (χ2v) is 6.96. The molecule has 0 atom stereocenters. The standard InChI is InChI=1S/C17H29N3OS.HI/c1-3-15-9-10-16(22-15)13-20-17(18-2)19-11-6-12-21-14-7-4-5-8-14;/h9-10,14H,3-8,11-13H2,1-2H3,(H2,18,19,20);1H. The van der Waals surface area contributed by atoms with Crippen LogP contribution in [0.25, 0.3) is 0 Å². The molecule has 0 spiro atoms. The van der Waals surface area contributed by atoms with Crippen LogP contribution >= 0.6 is 35.3 Å². The molecule has 1 aliphatic rings. The van der Waals surface area contributed by atoms with Crippen LogP contribution in [-0.2, 0) is 17.7 Å². The third-order valence-corrected chi connectivity index (χ3v) is 5.22. The highest BCUT2D eigenvalue weighted by Crippen LogP contribution is 2.20. The van der Waals surface area contributed by atoms with Crippen molar-refractivity contribution in [2.24, 2.45) is 4.99 Å². The van der Waals surface area contributed by atoms with Crippen molar-refractivity contribution in [3.8, 4) is 0 Å². The molecule has 0 saturated heterocycles. The van der Waals surface area contributed by atoms with Gasteiger partial charge in [-0.25, -0.2) is 0 Å². The van der Waals surface area contributed by atoms with Gasteiger partial charge in [0, 0.05) is 30.0 Å². The van der Waals surface area contributed by atoms with Crippen molar-refractivity contribution in [2.45, 2.75) is 58.1 Å². The molecule has 1 aromatic heterocycles. The number of guanidine groups is 1. The lowest BCUT2D eigenvalue weighted by atomic mass is 10.3. The van der Waals surface area contributed by atoms with Gasteiger partial charge in [-0.05, 0) is 37.8 Å². The van der Waals surface area contributed by atoms with Crippen LogP contribution in [0.1, 0.15) is 48.8 Å². The van der Waals surface area contributed by atoms with Gasteiger partial charge in [-0.1, -0.05) is 19.8 Å². The molecule has 0 bridgehead atoms. The summed E-state index contributed by atoms with van der Waals surface area (Å²) in [5.41, 5.74) is 0. The van der Waals surface area contributed by atoms with Crippen LogP contribution in [0.3, 0.4) is 0 Å². The van der Waals surface area contributed by atoms with Crippen LogP contribution in [0.2, 0.25) is 0 Å². The Balaban J connectivity index is 0.00000264. The fourth-order valence-corrected chi connectivity index (χ4v) is 3.58. The number of nitrogens with zero attached hydrogens (tertiary/aromatic N) is 1. The Hall–Kier alpha value is -0.340. The van der Waals surface area contributed by atoms with E-state index >= 15 is 0 Å². The third-order valence-electron chi connectivity index (χ3n) is 3.99. The molecule has 1 fully saturated rings. The summed E-state index contributed by atoms with van der Waals surface area (Å²) < 4.78 is 5.86. The zero-order valence-corrected chi connectivity index (χ0v) is 17.4. The van der Waals surface area contributed by atoms with Crippen LogP contribution in [0.4, 0.5) is 0 Å². The van der Waals surface area contributed by atoms with E-state index in [0.717, 1.165) is 38.5 Å². The molecule has 0 aromatic carbocycles. The van der Waals surface area contributed by atoms with Crippen molar-refractivity contribution >= 4 is 41.3 Å². The Labute approximate surface area is 161 Å². The van der Waals surface area contributed by atoms with Crippen molar-refractivity contribution in [2.75, 3.05) is 20.2 Å². The van der Waals surface area contributed by atoms with Crippen LogP contribution in [0.15, 0.2) is 17.1 Å². The van der Waals surface area contributed by atoms with Crippen molar-refractivity contribution in [1.29, 1.82) is 0 Å². The van der Waals surface area contributed by atoms with E-state index in [1.807, 2.05) is 18.4 Å². The van der Waals surface area contributed by atoms with E-state index in [1.54, 1.807) is 0 Å². The molecule has 4 nitrogen and oxygen atoms in total. The summed E-state index contributed by atoms with van der Waals surface area (Å²) in [7, 11) is 1.82. The number of ether oxygens (including phenoxy) is 1. The van der Waals surface area contributed by atoms with Gasteiger partial charge in [-0.2, -0.15) is 0 Å². The number of hydrogen-bond donors (Lipinski definition) is 2. The number of hydrogen-bond acceptors (Lipinski definition) is 3. The van der Waals surface area contributed by atoms with E-state index in [4.69, 9.17) is 4.74 Å². The first-order chi connectivity index (χ1) is 10.8. The molecule has 1 heterocycles. The Bertz CT molecular complexity index is 458.